The summed E-state index contributed by atoms with van der Waals surface area (Å²) in [6.07, 6.45) is -1.73. The van der Waals surface area contributed by atoms with Crippen molar-refractivity contribution in [1.82, 2.24) is 10.1 Å². The van der Waals surface area contributed by atoms with E-state index in [1.807, 2.05) is 20.8 Å². The van der Waals surface area contributed by atoms with Gasteiger partial charge >= 0.3 is 6.09 Å². The average Bonchev–Trinajstić information content (AvgIpc) is 3.00. The highest BCUT2D eigenvalue weighted by Gasteiger charge is 2.51. The monoisotopic (exact) mass is 373 g/mol. The number of hydrogen-bond acceptors (Lipinski definition) is 5. The molecule has 2 rings (SSSR count). The highest BCUT2D eigenvalue weighted by molar-refractivity contribution is 5.96. The predicted molar refractivity (Wildman–Crippen MR) is 90.1 cm³/mol. The minimum atomic E-state index is -3.17. The van der Waals surface area contributed by atoms with Crippen molar-refractivity contribution in [1.29, 1.82) is 0 Å². The fourth-order valence-corrected chi connectivity index (χ4v) is 2.46. The molecule has 2 heterocycles. The molecule has 1 atom stereocenters. The van der Waals surface area contributed by atoms with E-state index in [-0.39, 0.29) is 11.2 Å². The Morgan fingerprint density at radius 1 is 1.31 bits per heavy atom. The Labute approximate surface area is 151 Å². The third-order valence-electron chi connectivity index (χ3n) is 3.70. The zero-order chi connectivity index (χ0) is 19.9. The zero-order valence-corrected chi connectivity index (χ0v) is 15.9. The lowest BCUT2D eigenvalue weighted by Crippen LogP contribution is -2.45. The van der Waals surface area contributed by atoms with Gasteiger partial charge in [-0.15, -0.1) is 0 Å². The summed E-state index contributed by atoms with van der Waals surface area (Å²) in [5.74, 6) is -3.28. The number of carbonyl (C=O) groups excluding carboxylic acids is 2. The fraction of sp³-hybridized carbons (Fsp3) is 0.706. The Balaban J connectivity index is 2.14. The third kappa shape index (κ3) is 4.92. The van der Waals surface area contributed by atoms with Crippen molar-refractivity contribution in [3.05, 3.63) is 11.8 Å². The van der Waals surface area contributed by atoms with Gasteiger partial charge in [0.1, 0.15) is 17.4 Å². The van der Waals surface area contributed by atoms with Crippen molar-refractivity contribution in [2.75, 3.05) is 11.9 Å². The van der Waals surface area contributed by atoms with Crippen molar-refractivity contribution in [3.8, 4) is 0 Å². The lowest BCUT2D eigenvalue weighted by molar-refractivity contribution is -0.120. The van der Waals surface area contributed by atoms with Crippen LogP contribution in [0.25, 0.3) is 0 Å². The molecule has 2 amide bonds. The molecule has 146 valence electrons. The molecule has 0 radical (unpaired) electrons. The Morgan fingerprint density at radius 3 is 2.42 bits per heavy atom. The van der Waals surface area contributed by atoms with Gasteiger partial charge in [-0.2, -0.15) is 0 Å². The van der Waals surface area contributed by atoms with Gasteiger partial charge in [-0.05, 0) is 20.8 Å². The van der Waals surface area contributed by atoms with E-state index in [2.05, 4.69) is 10.5 Å². The summed E-state index contributed by atoms with van der Waals surface area (Å²) in [4.78, 5) is 25.4. The van der Waals surface area contributed by atoms with Gasteiger partial charge < -0.3 is 14.6 Å². The molecular formula is C17H25F2N3O4. The van der Waals surface area contributed by atoms with Gasteiger partial charge in [0.05, 0.1) is 6.54 Å². The summed E-state index contributed by atoms with van der Waals surface area (Å²) in [6, 6.07) is 0.178. The molecule has 26 heavy (non-hydrogen) atoms. The number of nitrogens with zero attached hydrogens (tertiary/aromatic N) is 2. The minimum Gasteiger partial charge on any atom is -0.444 e. The van der Waals surface area contributed by atoms with Gasteiger partial charge in [-0.1, -0.05) is 25.9 Å². The lowest BCUT2D eigenvalue weighted by Gasteiger charge is -2.27. The summed E-state index contributed by atoms with van der Waals surface area (Å²) in [5.41, 5.74) is -1.18. The zero-order valence-electron chi connectivity index (χ0n) is 15.9. The predicted octanol–water partition coefficient (Wildman–Crippen LogP) is 3.56. The average molecular weight is 373 g/mol. The molecule has 1 aliphatic rings. The maximum atomic E-state index is 13.8. The summed E-state index contributed by atoms with van der Waals surface area (Å²) in [5, 5.41) is 6.17. The molecule has 1 saturated heterocycles. The molecule has 0 unspecified atom stereocenters. The van der Waals surface area contributed by atoms with E-state index in [9.17, 15) is 18.4 Å². The molecule has 0 spiro atoms. The van der Waals surface area contributed by atoms with Gasteiger partial charge in [0, 0.05) is 17.9 Å². The van der Waals surface area contributed by atoms with Crippen molar-refractivity contribution in [2.45, 2.75) is 70.9 Å². The third-order valence-corrected chi connectivity index (χ3v) is 3.70. The van der Waals surface area contributed by atoms with E-state index in [0.29, 0.717) is 5.76 Å². The number of amides is 2. The number of halogens is 2. The van der Waals surface area contributed by atoms with Gasteiger partial charge in [-0.3, -0.25) is 9.69 Å². The number of rotatable bonds is 2. The molecule has 1 aromatic rings. The van der Waals surface area contributed by atoms with Gasteiger partial charge in [0.15, 0.2) is 5.82 Å². The SMILES string of the molecule is CC(C)(C)OC(=O)N1CC(F)(F)C[C@H]1C(=O)Nc1cc(C(C)(C)C)on1. The summed E-state index contributed by atoms with van der Waals surface area (Å²) >= 11 is 0. The van der Waals surface area contributed by atoms with Crippen molar-refractivity contribution < 1.29 is 27.6 Å². The van der Waals surface area contributed by atoms with Crippen molar-refractivity contribution >= 4 is 17.8 Å². The van der Waals surface area contributed by atoms with Crippen molar-refractivity contribution in [3.63, 3.8) is 0 Å². The first-order valence-electron chi connectivity index (χ1n) is 8.33. The highest BCUT2D eigenvalue weighted by atomic mass is 19.3. The topological polar surface area (TPSA) is 84.7 Å². The van der Waals surface area contributed by atoms with Crippen LogP contribution in [-0.2, 0) is 14.9 Å². The molecule has 1 N–H and O–H groups in total. The number of hydrogen-bond donors (Lipinski definition) is 1. The molecule has 1 fully saturated rings. The van der Waals surface area contributed by atoms with Crippen LogP contribution >= 0.6 is 0 Å². The van der Waals surface area contributed by atoms with E-state index in [1.54, 1.807) is 20.8 Å². The standard InChI is InChI=1S/C17H25F2N3O4/c1-15(2,3)11-7-12(21-26-11)20-13(23)10-8-17(18,19)9-22(10)14(24)25-16(4,5)6/h7,10H,8-9H2,1-6H3,(H,20,21,23)/t10-/m0/s1. The van der Waals surface area contributed by atoms with Crippen LogP contribution in [0.5, 0.6) is 0 Å². The summed E-state index contributed by atoms with van der Waals surface area (Å²) in [7, 11) is 0. The first-order valence-corrected chi connectivity index (χ1v) is 8.33. The molecule has 0 aromatic carbocycles. The number of likely N-dealkylation sites (tertiary alicyclic amines) is 1. The number of carbonyl (C=O) groups is 2. The second-order valence-corrected chi connectivity index (χ2v) is 8.50. The van der Waals surface area contributed by atoms with Crippen LogP contribution in [-0.4, -0.2) is 46.2 Å². The molecule has 0 bridgehead atoms. The van der Waals surface area contributed by atoms with Crippen LogP contribution in [0.15, 0.2) is 10.6 Å². The molecule has 1 aromatic heterocycles. The van der Waals surface area contributed by atoms with E-state index in [4.69, 9.17) is 9.26 Å². The van der Waals surface area contributed by atoms with E-state index < -0.39 is 42.5 Å². The van der Waals surface area contributed by atoms with Gasteiger partial charge in [0.2, 0.25) is 5.91 Å². The molecular weight excluding hydrogens is 348 g/mol. The Bertz CT molecular complexity index is 689. The highest BCUT2D eigenvalue weighted by Crippen LogP contribution is 2.34. The van der Waals surface area contributed by atoms with E-state index in [0.717, 1.165) is 4.90 Å². The second kappa shape index (κ2) is 6.51. The largest absolute Gasteiger partial charge is 0.444 e. The van der Waals surface area contributed by atoms with Gasteiger partial charge in [-0.25, -0.2) is 13.6 Å². The van der Waals surface area contributed by atoms with E-state index in [1.165, 1.54) is 6.07 Å². The molecule has 7 nitrogen and oxygen atoms in total. The van der Waals surface area contributed by atoms with Crippen LogP contribution in [0, 0.1) is 0 Å². The molecule has 9 heteroatoms. The second-order valence-electron chi connectivity index (χ2n) is 8.50. The quantitative estimate of drug-likeness (QED) is 0.857. The summed E-state index contributed by atoms with van der Waals surface area (Å²) in [6.45, 7) is 9.71. The Morgan fingerprint density at radius 2 is 1.92 bits per heavy atom. The van der Waals surface area contributed by atoms with Crippen LogP contribution < -0.4 is 5.32 Å². The normalized spacial score (nSPS) is 20.2. The van der Waals surface area contributed by atoms with Crippen molar-refractivity contribution in [2.24, 2.45) is 0 Å². The maximum absolute atomic E-state index is 13.8. The number of anilines is 1. The fourth-order valence-electron chi connectivity index (χ4n) is 2.46. The number of ether oxygens (including phenoxy) is 1. The molecule has 0 aliphatic carbocycles. The summed E-state index contributed by atoms with van der Waals surface area (Å²) < 4.78 is 38.0. The molecule has 1 aliphatic heterocycles. The van der Waals surface area contributed by atoms with Crippen LogP contribution in [0.4, 0.5) is 19.4 Å². The Hall–Kier alpha value is -2.19. The Kier molecular flexibility index (Phi) is 5.04. The maximum Gasteiger partial charge on any atom is 0.411 e. The van der Waals surface area contributed by atoms with Crippen LogP contribution in [0.3, 0.4) is 0 Å². The van der Waals surface area contributed by atoms with Crippen LogP contribution in [0.1, 0.15) is 53.7 Å². The minimum absolute atomic E-state index is 0.110. The first kappa shape index (κ1) is 20.1. The first-order chi connectivity index (χ1) is 11.7. The van der Waals surface area contributed by atoms with Crippen LogP contribution in [0.2, 0.25) is 0 Å². The number of aromatic nitrogens is 1. The lowest BCUT2D eigenvalue weighted by atomic mass is 9.93. The molecule has 0 saturated carbocycles. The smallest absolute Gasteiger partial charge is 0.411 e. The van der Waals surface area contributed by atoms with E-state index >= 15 is 0 Å². The number of nitrogens with one attached hydrogen (secondary N) is 1. The van der Waals surface area contributed by atoms with Gasteiger partial charge in [0.25, 0.3) is 5.92 Å². The number of alkyl halides is 2.